The zero-order chi connectivity index (χ0) is 47.8. The van der Waals surface area contributed by atoms with Gasteiger partial charge in [0.15, 0.2) is 0 Å². The molecule has 0 radical (unpaired) electrons. The normalized spacial score (nSPS) is 20.0. The van der Waals surface area contributed by atoms with Gasteiger partial charge >= 0.3 is 0 Å². The van der Waals surface area contributed by atoms with Gasteiger partial charge in [-0.25, -0.2) is 0 Å². The Kier molecular flexibility index (Phi) is 6.87. The molecule has 0 spiro atoms. The summed E-state index contributed by atoms with van der Waals surface area (Å²) in [6.07, 6.45) is 0. The SMILES string of the molecule is CC1(C)c2ccccc2-c2cc3c(cc21)-c1cc2c(cc1C3(C)C)-c1cc3c(cc1C2(C)C)-c1cc2c(cc1C3(C)C)-c1cc3c(cc1C2(C)C)-c1cc2c(cc1C3(C)C)-c1ccccc1C2(C)C. The van der Waals surface area contributed by atoms with Crippen molar-refractivity contribution >= 4 is 0 Å². The molecule has 8 aromatic rings. The molecule has 0 fully saturated rings. The molecule has 8 aromatic carbocycles. The van der Waals surface area contributed by atoms with E-state index in [2.05, 4.69) is 218 Å². The highest BCUT2D eigenvalue weighted by atomic mass is 14.5. The zero-order valence-corrected chi connectivity index (χ0v) is 43.0. The lowest BCUT2D eigenvalue weighted by molar-refractivity contribution is 0.646. The van der Waals surface area contributed by atoms with Crippen molar-refractivity contribution in [2.75, 3.05) is 0 Å². The number of hydrogen-bond donors (Lipinski definition) is 0. The summed E-state index contributed by atoms with van der Waals surface area (Å²) in [4.78, 5) is 0. The first kappa shape index (κ1) is 40.6. The summed E-state index contributed by atoms with van der Waals surface area (Å²) in [7, 11) is 0. The van der Waals surface area contributed by atoms with Gasteiger partial charge in [0, 0.05) is 37.9 Å². The molecule has 15 rings (SSSR count). The monoisotopic (exact) mass is 890 g/mol. The van der Waals surface area contributed by atoms with Gasteiger partial charge in [-0.3, -0.25) is 0 Å². The van der Waals surface area contributed by atoms with Crippen molar-refractivity contribution < 1.29 is 0 Å². The molecular formula is C69H62. The van der Waals surface area contributed by atoms with Crippen LogP contribution < -0.4 is 0 Å². The largest absolute Gasteiger partial charge is 0.0619 e. The summed E-state index contributed by atoms with van der Waals surface area (Å²) >= 11 is 0. The van der Waals surface area contributed by atoms with Gasteiger partial charge in [-0.2, -0.15) is 0 Å². The van der Waals surface area contributed by atoms with Gasteiger partial charge < -0.3 is 0 Å². The molecule has 338 valence electrons. The molecule has 0 aromatic heterocycles. The van der Waals surface area contributed by atoms with Crippen LogP contribution in [-0.4, -0.2) is 0 Å². The van der Waals surface area contributed by atoms with Gasteiger partial charge in [0.25, 0.3) is 0 Å². The molecule has 0 heteroatoms. The van der Waals surface area contributed by atoms with E-state index in [1.165, 1.54) is 156 Å². The minimum atomic E-state index is -0.152. The lowest BCUT2D eigenvalue weighted by atomic mass is 9.78. The molecular weight excluding hydrogens is 829 g/mol. The molecule has 0 aliphatic heterocycles. The average molecular weight is 891 g/mol. The van der Waals surface area contributed by atoms with E-state index in [1.54, 1.807) is 0 Å². The van der Waals surface area contributed by atoms with Crippen molar-refractivity contribution in [3.63, 3.8) is 0 Å². The summed E-state index contributed by atoms with van der Waals surface area (Å²) in [5, 5.41) is 0. The molecule has 0 bridgehead atoms. The first-order valence-electron chi connectivity index (χ1n) is 25.8. The first-order chi connectivity index (χ1) is 32.5. The highest BCUT2D eigenvalue weighted by molar-refractivity contribution is 5.98. The summed E-state index contributed by atoms with van der Waals surface area (Å²) < 4.78 is 0. The van der Waals surface area contributed by atoms with Crippen molar-refractivity contribution in [1.29, 1.82) is 0 Å². The lowest BCUT2D eigenvalue weighted by Crippen LogP contribution is -2.17. The van der Waals surface area contributed by atoms with Crippen molar-refractivity contribution in [3.05, 3.63) is 199 Å². The molecule has 0 saturated heterocycles. The Balaban J connectivity index is 0.849. The van der Waals surface area contributed by atoms with Crippen LogP contribution in [0, 0.1) is 0 Å². The standard InChI is InChI=1S/C69H62/c1-63(2)49-21-17-15-19-35(49)37-23-53-39(25-51(37)63)41-27-57-43(29-55(41)65(53,5)6)45-31-61-47(33-59(45)67(57,9)10)48-34-60-46(32-62(48)69(61,13)14)44-30-56-42(28-58(44)68(60,11)12)40-26-52-38(24-54(40)66(56,7)8)36-20-16-18-22-50(36)64(52,3)4/h15-34H,1-14H3. The van der Waals surface area contributed by atoms with Gasteiger partial charge in [0.1, 0.15) is 0 Å². The molecule has 0 saturated carbocycles. The number of rotatable bonds is 0. The van der Waals surface area contributed by atoms with Gasteiger partial charge in [-0.05, 0) is 229 Å². The Morgan fingerprint density at radius 3 is 0.464 bits per heavy atom. The van der Waals surface area contributed by atoms with Crippen LogP contribution in [0.2, 0.25) is 0 Å². The predicted molar refractivity (Wildman–Crippen MR) is 289 cm³/mol. The summed E-state index contributed by atoms with van der Waals surface area (Å²) in [6.45, 7) is 34.4. The molecule has 7 aliphatic carbocycles. The lowest BCUT2D eigenvalue weighted by Gasteiger charge is -2.25. The van der Waals surface area contributed by atoms with Crippen LogP contribution in [0.25, 0.3) is 77.9 Å². The highest BCUT2D eigenvalue weighted by Crippen LogP contribution is 2.64. The summed E-state index contributed by atoms with van der Waals surface area (Å²) in [5.74, 6) is 0. The molecule has 0 nitrogen and oxygen atoms in total. The Morgan fingerprint density at radius 2 is 0.290 bits per heavy atom. The van der Waals surface area contributed by atoms with Crippen LogP contribution in [0.5, 0.6) is 0 Å². The predicted octanol–water partition coefficient (Wildman–Crippen LogP) is 17.8. The van der Waals surface area contributed by atoms with Crippen LogP contribution in [0.4, 0.5) is 0 Å². The van der Waals surface area contributed by atoms with E-state index in [1.807, 2.05) is 0 Å². The number of fused-ring (bicyclic) bond motifs is 21. The molecule has 69 heavy (non-hydrogen) atoms. The maximum Gasteiger partial charge on any atom is 0.0159 e. The molecule has 0 unspecified atom stereocenters. The third kappa shape index (κ3) is 4.41. The van der Waals surface area contributed by atoms with Crippen molar-refractivity contribution in [3.8, 4) is 77.9 Å². The van der Waals surface area contributed by atoms with Gasteiger partial charge in [0.2, 0.25) is 0 Å². The molecule has 0 amide bonds. The Hall–Kier alpha value is -6.24. The van der Waals surface area contributed by atoms with E-state index in [4.69, 9.17) is 0 Å². The average Bonchev–Trinajstić information content (AvgIpc) is 4.04. The second-order valence-corrected chi connectivity index (χ2v) is 26.1. The first-order valence-corrected chi connectivity index (χ1v) is 25.8. The second kappa shape index (κ2) is 11.7. The summed E-state index contributed by atoms with van der Waals surface area (Å²) in [5.41, 5.74) is 39.6. The molecule has 7 aliphatic rings. The molecule has 0 N–H and O–H groups in total. The van der Waals surface area contributed by atoms with E-state index in [9.17, 15) is 0 Å². The Labute approximate surface area is 409 Å². The van der Waals surface area contributed by atoms with Crippen LogP contribution in [-0.2, 0) is 37.9 Å². The molecule has 0 heterocycles. The van der Waals surface area contributed by atoms with E-state index in [0.29, 0.717) is 0 Å². The number of benzene rings is 8. The summed E-state index contributed by atoms with van der Waals surface area (Å²) in [6, 6.07) is 49.4. The maximum absolute atomic E-state index is 2.63. The smallest absolute Gasteiger partial charge is 0.0159 e. The van der Waals surface area contributed by atoms with E-state index < -0.39 is 0 Å². The Morgan fingerprint density at radius 1 is 0.159 bits per heavy atom. The minimum absolute atomic E-state index is 0.0307. The third-order valence-electron chi connectivity index (χ3n) is 20.3. The van der Waals surface area contributed by atoms with Crippen molar-refractivity contribution in [2.45, 2.75) is 135 Å². The van der Waals surface area contributed by atoms with Crippen molar-refractivity contribution in [2.24, 2.45) is 0 Å². The maximum atomic E-state index is 2.63. The highest BCUT2D eigenvalue weighted by Gasteiger charge is 2.49. The van der Waals surface area contributed by atoms with Gasteiger partial charge in [0.05, 0.1) is 0 Å². The van der Waals surface area contributed by atoms with Crippen LogP contribution in [0.3, 0.4) is 0 Å². The van der Waals surface area contributed by atoms with Crippen LogP contribution in [0.15, 0.2) is 121 Å². The quantitative estimate of drug-likeness (QED) is 0.142. The third-order valence-corrected chi connectivity index (χ3v) is 20.3. The van der Waals surface area contributed by atoms with Gasteiger partial charge in [-0.15, -0.1) is 0 Å². The fraction of sp³-hybridized carbons (Fsp3) is 0.304. The minimum Gasteiger partial charge on any atom is -0.0619 e. The Bertz CT molecular complexity index is 3590. The van der Waals surface area contributed by atoms with Crippen LogP contribution in [0.1, 0.15) is 175 Å². The van der Waals surface area contributed by atoms with E-state index in [0.717, 1.165) is 0 Å². The van der Waals surface area contributed by atoms with Crippen molar-refractivity contribution in [1.82, 2.24) is 0 Å². The second-order valence-electron chi connectivity index (χ2n) is 26.1. The van der Waals surface area contributed by atoms with E-state index in [-0.39, 0.29) is 37.9 Å². The zero-order valence-electron chi connectivity index (χ0n) is 43.0. The van der Waals surface area contributed by atoms with E-state index >= 15 is 0 Å². The topological polar surface area (TPSA) is 0 Å². The number of hydrogen-bond acceptors (Lipinski definition) is 0. The van der Waals surface area contributed by atoms with Crippen LogP contribution >= 0.6 is 0 Å². The fourth-order valence-electron chi connectivity index (χ4n) is 16.0. The molecule has 0 atom stereocenters. The van der Waals surface area contributed by atoms with Gasteiger partial charge in [-0.1, -0.05) is 145 Å². The fourth-order valence-corrected chi connectivity index (χ4v) is 16.0.